The Kier molecular flexibility index (Phi) is 2.84. The summed E-state index contributed by atoms with van der Waals surface area (Å²) in [5, 5.41) is 16.8. The molecule has 0 radical (unpaired) electrons. The molecular formula is C7H10O5. The highest BCUT2D eigenvalue weighted by Gasteiger charge is 2.31. The normalized spacial score (nSPS) is 10.5. The lowest BCUT2D eigenvalue weighted by molar-refractivity contribution is -0.159. The van der Waals surface area contributed by atoms with Gasteiger partial charge in [-0.2, -0.15) is 0 Å². The number of carboxylic acid groups (broad SMARTS) is 2. The van der Waals surface area contributed by atoms with Crippen LogP contribution in [0.2, 0.25) is 0 Å². The van der Waals surface area contributed by atoms with E-state index in [9.17, 15) is 9.59 Å². The van der Waals surface area contributed by atoms with Gasteiger partial charge < -0.3 is 14.9 Å². The fourth-order valence-corrected chi connectivity index (χ4v) is 0.395. The highest BCUT2D eigenvalue weighted by Crippen LogP contribution is 2.13. The van der Waals surface area contributed by atoms with Gasteiger partial charge in [0.05, 0.1) is 0 Å². The van der Waals surface area contributed by atoms with E-state index in [1.54, 1.807) is 0 Å². The lowest BCUT2D eigenvalue weighted by atomic mass is 10.1. The van der Waals surface area contributed by atoms with E-state index in [2.05, 4.69) is 11.3 Å². The molecule has 5 heteroatoms. The number of hydrogen-bond donors (Lipinski definition) is 2. The molecule has 0 aliphatic heterocycles. The first-order valence-corrected chi connectivity index (χ1v) is 3.12. The number of hydrogen-bond acceptors (Lipinski definition) is 3. The van der Waals surface area contributed by atoms with Crippen molar-refractivity contribution in [3.8, 4) is 0 Å². The zero-order valence-electron chi connectivity index (χ0n) is 6.83. The van der Waals surface area contributed by atoms with Crippen molar-refractivity contribution in [2.45, 2.75) is 19.4 Å². The van der Waals surface area contributed by atoms with E-state index < -0.39 is 23.3 Å². The second-order valence-electron chi connectivity index (χ2n) is 2.65. The molecule has 68 valence electrons. The molecule has 0 atom stereocenters. The van der Waals surface area contributed by atoms with Crippen molar-refractivity contribution in [2.75, 3.05) is 0 Å². The van der Waals surface area contributed by atoms with Crippen LogP contribution in [0.4, 0.5) is 0 Å². The number of aliphatic carboxylic acids is 2. The van der Waals surface area contributed by atoms with Gasteiger partial charge in [-0.25, -0.2) is 9.59 Å². The van der Waals surface area contributed by atoms with Crippen molar-refractivity contribution < 1.29 is 24.5 Å². The molecule has 0 aliphatic rings. The van der Waals surface area contributed by atoms with Gasteiger partial charge in [-0.15, -0.1) is 0 Å². The quantitative estimate of drug-likeness (QED) is 0.478. The summed E-state index contributed by atoms with van der Waals surface area (Å²) in [6.45, 7) is 5.52. The van der Waals surface area contributed by atoms with Gasteiger partial charge in [0.15, 0.2) is 11.4 Å². The van der Waals surface area contributed by atoms with E-state index in [-0.39, 0.29) is 0 Å². The molecule has 0 aromatic heterocycles. The van der Waals surface area contributed by atoms with E-state index in [0.29, 0.717) is 0 Å². The third-order valence-electron chi connectivity index (χ3n) is 1.13. The molecule has 0 fully saturated rings. The third-order valence-corrected chi connectivity index (χ3v) is 1.13. The summed E-state index contributed by atoms with van der Waals surface area (Å²) in [6.07, 6.45) is 0. The summed E-state index contributed by atoms with van der Waals surface area (Å²) >= 11 is 0. The predicted molar refractivity (Wildman–Crippen MR) is 39.6 cm³/mol. The van der Waals surface area contributed by atoms with E-state index >= 15 is 0 Å². The van der Waals surface area contributed by atoms with Crippen LogP contribution in [0, 0.1) is 0 Å². The van der Waals surface area contributed by atoms with Gasteiger partial charge in [0.25, 0.3) is 0 Å². The first-order chi connectivity index (χ1) is 5.27. The van der Waals surface area contributed by atoms with Crippen LogP contribution in [0.3, 0.4) is 0 Å². The molecule has 0 saturated heterocycles. The molecule has 0 bridgehead atoms. The molecule has 0 amide bonds. The van der Waals surface area contributed by atoms with E-state index in [0.717, 1.165) is 0 Å². The molecular weight excluding hydrogens is 164 g/mol. The van der Waals surface area contributed by atoms with Crippen LogP contribution < -0.4 is 0 Å². The summed E-state index contributed by atoms with van der Waals surface area (Å²) in [6, 6.07) is 0. The minimum atomic E-state index is -1.56. The van der Waals surface area contributed by atoms with Crippen LogP contribution in [-0.2, 0) is 14.3 Å². The lowest BCUT2D eigenvalue weighted by Gasteiger charge is -2.20. The molecule has 0 aliphatic carbocycles. The molecule has 0 aromatic carbocycles. The van der Waals surface area contributed by atoms with Crippen LogP contribution in [0.15, 0.2) is 12.3 Å². The van der Waals surface area contributed by atoms with Crippen LogP contribution in [0.1, 0.15) is 13.8 Å². The molecule has 0 spiro atoms. The molecule has 0 heterocycles. The smallest absolute Gasteiger partial charge is 0.370 e. The minimum absolute atomic E-state index is 0.581. The Morgan fingerprint density at radius 3 is 2.00 bits per heavy atom. The fourth-order valence-electron chi connectivity index (χ4n) is 0.395. The molecule has 0 unspecified atom stereocenters. The largest absolute Gasteiger partial charge is 0.478 e. The van der Waals surface area contributed by atoms with Crippen LogP contribution >= 0.6 is 0 Å². The molecule has 0 rings (SSSR count). The molecule has 5 nitrogen and oxygen atoms in total. The highest BCUT2D eigenvalue weighted by molar-refractivity contribution is 5.85. The van der Waals surface area contributed by atoms with Crippen molar-refractivity contribution in [1.82, 2.24) is 0 Å². The summed E-state index contributed by atoms with van der Waals surface area (Å²) in [4.78, 5) is 20.6. The van der Waals surface area contributed by atoms with Crippen LogP contribution in [0.25, 0.3) is 0 Å². The number of rotatable bonds is 4. The van der Waals surface area contributed by atoms with Gasteiger partial charge in [-0.05, 0) is 20.4 Å². The summed E-state index contributed by atoms with van der Waals surface area (Å²) < 4.78 is 4.57. The van der Waals surface area contributed by atoms with Gasteiger partial charge >= 0.3 is 11.9 Å². The SMILES string of the molecule is C=C(OC(C)(C)C(=O)O)C(=O)O. The molecule has 0 aromatic rings. The van der Waals surface area contributed by atoms with Gasteiger partial charge in [-0.1, -0.05) is 0 Å². The Morgan fingerprint density at radius 1 is 1.33 bits per heavy atom. The minimum Gasteiger partial charge on any atom is -0.478 e. The average molecular weight is 174 g/mol. The Labute approximate surface area is 69.3 Å². The maximum atomic E-state index is 10.4. The van der Waals surface area contributed by atoms with Crippen molar-refractivity contribution in [3.05, 3.63) is 12.3 Å². The van der Waals surface area contributed by atoms with Crippen LogP contribution in [0.5, 0.6) is 0 Å². The van der Waals surface area contributed by atoms with Gasteiger partial charge in [0, 0.05) is 0 Å². The maximum absolute atomic E-state index is 10.4. The first kappa shape index (κ1) is 10.5. The molecule has 0 saturated carbocycles. The summed E-state index contributed by atoms with van der Waals surface area (Å²) in [7, 11) is 0. The Hall–Kier alpha value is -1.52. The second-order valence-corrected chi connectivity index (χ2v) is 2.65. The van der Waals surface area contributed by atoms with Crippen LogP contribution in [-0.4, -0.2) is 27.8 Å². The summed E-state index contributed by atoms with van der Waals surface area (Å²) in [5.41, 5.74) is -1.56. The highest BCUT2D eigenvalue weighted by atomic mass is 16.5. The number of ether oxygens (including phenoxy) is 1. The topological polar surface area (TPSA) is 83.8 Å². The second kappa shape index (κ2) is 3.25. The van der Waals surface area contributed by atoms with Gasteiger partial charge in [-0.3, -0.25) is 0 Å². The van der Waals surface area contributed by atoms with Gasteiger partial charge in [0.1, 0.15) is 0 Å². The van der Waals surface area contributed by atoms with Crippen molar-refractivity contribution in [2.24, 2.45) is 0 Å². The van der Waals surface area contributed by atoms with E-state index in [4.69, 9.17) is 10.2 Å². The third kappa shape index (κ3) is 2.61. The Bertz CT molecular complexity index is 228. The van der Waals surface area contributed by atoms with E-state index in [1.807, 2.05) is 0 Å². The number of carbonyl (C=O) groups is 2. The first-order valence-electron chi connectivity index (χ1n) is 3.12. The Balaban J connectivity index is 4.35. The van der Waals surface area contributed by atoms with Crippen molar-refractivity contribution in [3.63, 3.8) is 0 Å². The average Bonchev–Trinajstić information content (AvgIpc) is 1.85. The zero-order valence-corrected chi connectivity index (χ0v) is 6.83. The van der Waals surface area contributed by atoms with Crippen molar-refractivity contribution in [1.29, 1.82) is 0 Å². The fraction of sp³-hybridized carbons (Fsp3) is 0.429. The van der Waals surface area contributed by atoms with Gasteiger partial charge in [0.2, 0.25) is 0 Å². The standard InChI is InChI=1S/C7H10O5/c1-4(5(8)9)12-7(2,3)6(10)11/h1H2,2-3H3,(H,8,9)(H,10,11). The van der Waals surface area contributed by atoms with Crippen molar-refractivity contribution >= 4 is 11.9 Å². The molecule has 2 N–H and O–H groups in total. The van der Waals surface area contributed by atoms with E-state index in [1.165, 1.54) is 13.8 Å². The monoisotopic (exact) mass is 174 g/mol. The Morgan fingerprint density at radius 2 is 1.75 bits per heavy atom. The summed E-state index contributed by atoms with van der Waals surface area (Å²) in [5.74, 6) is -3.20. The predicted octanol–water partition coefficient (Wildman–Crippen LogP) is 0.465. The number of carboxylic acids is 2. The zero-order chi connectivity index (χ0) is 9.94. The molecule has 12 heavy (non-hydrogen) atoms. The maximum Gasteiger partial charge on any atom is 0.370 e. The lowest BCUT2D eigenvalue weighted by Crippen LogP contribution is -2.35.